The number of anilines is 2. The van der Waals surface area contributed by atoms with Crippen LogP contribution in [-0.2, 0) is 11.0 Å². The fraction of sp³-hybridized carbons (Fsp3) is 0.368. The zero-order valence-electron chi connectivity index (χ0n) is 15.8. The number of aromatic nitrogens is 4. The molecule has 0 aliphatic carbocycles. The molecule has 1 amide bonds. The number of hydrogen-bond acceptors (Lipinski definition) is 6. The maximum Gasteiger partial charge on any atom is 0.453 e. The number of carbonyl (C=O) groups excluding carboxylic acids is 1. The van der Waals surface area contributed by atoms with E-state index in [1.165, 1.54) is 6.07 Å². The van der Waals surface area contributed by atoms with Crippen LogP contribution in [0.2, 0.25) is 0 Å². The lowest BCUT2D eigenvalue weighted by Crippen LogP contribution is -2.56. The molecule has 3 aromatic rings. The number of para-hydroxylation sites is 1. The van der Waals surface area contributed by atoms with Gasteiger partial charge in [0.2, 0.25) is 5.91 Å². The number of rotatable bonds is 2. The normalized spacial score (nSPS) is 19.0. The van der Waals surface area contributed by atoms with Gasteiger partial charge in [-0.05, 0) is 37.1 Å². The number of fused-ring (bicyclic) bond motifs is 1. The van der Waals surface area contributed by atoms with Crippen molar-refractivity contribution >= 4 is 23.1 Å². The summed E-state index contributed by atoms with van der Waals surface area (Å²) in [5.74, 6) is -0.779. The van der Waals surface area contributed by atoms with E-state index >= 15 is 0 Å². The van der Waals surface area contributed by atoms with Gasteiger partial charge in [-0.3, -0.25) is 4.79 Å². The monoisotopic (exact) mass is 417 g/mol. The summed E-state index contributed by atoms with van der Waals surface area (Å²) < 4.78 is 40.2. The van der Waals surface area contributed by atoms with Gasteiger partial charge in [0.05, 0.1) is 6.67 Å². The Hall–Kier alpha value is -3.37. The zero-order chi connectivity index (χ0) is 20.9. The summed E-state index contributed by atoms with van der Waals surface area (Å²) >= 11 is 0. The molecule has 156 valence electrons. The molecule has 8 nitrogen and oxygen atoms in total. The summed E-state index contributed by atoms with van der Waals surface area (Å²) in [6, 6.07) is 12.8. The molecule has 0 bridgehead atoms. The van der Waals surface area contributed by atoms with E-state index in [9.17, 15) is 18.0 Å². The highest BCUT2D eigenvalue weighted by atomic mass is 19.4. The summed E-state index contributed by atoms with van der Waals surface area (Å²) in [5, 5.41) is 13.8. The molecule has 2 aliphatic rings. The van der Waals surface area contributed by atoms with E-state index in [-0.39, 0.29) is 11.6 Å². The van der Waals surface area contributed by atoms with Crippen molar-refractivity contribution in [2.75, 3.05) is 29.6 Å². The maximum atomic E-state index is 13.1. The number of carbonyl (C=O) groups is 1. The molecule has 11 heteroatoms. The fourth-order valence-corrected chi connectivity index (χ4v) is 4.26. The standard InChI is InChI=1S/C19H18F3N7O/c20-19(21,22)16-25-24-14-6-7-15(26-29(14)16)27-10-8-18(9-11-27)17(30)23-12-28(18)13-4-2-1-3-5-13/h1-7H,8-12H2,(H,23,30). The Morgan fingerprint density at radius 1 is 1.00 bits per heavy atom. The number of alkyl halides is 3. The van der Waals surface area contributed by atoms with Crippen molar-refractivity contribution in [3.8, 4) is 0 Å². The van der Waals surface area contributed by atoms with Crippen molar-refractivity contribution in [1.29, 1.82) is 0 Å². The molecule has 2 saturated heterocycles. The lowest BCUT2D eigenvalue weighted by atomic mass is 9.85. The lowest BCUT2D eigenvalue weighted by molar-refractivity contribution is -0.146. The zero-order valence-corrected chi connectivity index (χ0v) is 15.8. The van der Waals surface area contributed by atoms with E-state index in [0.29, 0.717) is 38.4 Å². The maximum absolute atomic E-state index is 13.1. The summed E-state index contributed by atoms with van der Waals surface area (Å²) in [5.41, 5.74) is 0.323. The minimum absolute atomic E-state index is 0.0208. The quantitative estimate of drug-likeness (QED) is 0.688. The molecule has 5 rings (SSSR count). The van der Waals surface area contributed by atoms with Gasteiger partial charge in [0, 0.05) is 18.8 Å². The Morgan fingerprint density at radius 3 is 2.43 bits per heavy atom. The Balaban J connectivity index is 1.41. The molecule has 2 aliphatic heterocycles. The van der Waals surface area contributed by atoms with Crippen LogP contribution in [0.3, 0.4) is 0 Å². The van der Waals surface area contributed by atoms with Crippen molar-refractivity contribution in [3.63, 3.8) is 0 Å². The first kappa shape index (κ1) is 18.6. The summed E-state index contributed by atoms with van der Waals surface area (Å²) in [7, 11) is 0. The molecular formula is C19H18F3N7O. The molecule has 1 N–H and O–H groups in total. The van der Waals surface area contributed by atoms with Crippen LogP contribution in [-0.4, -0.2) is 51.0 Å². The van der Waals surface area contributed by atoms with Gasteiger partial charge in [-0.15, -0.1) is 15.3 Å². The molecular weight excluding hydrogens is 399 g/mol. The second-order valence-electron chi connectivity index (χ2n) is 7.43. The van der Waals surface area contributed by atoms with Crippen LogP contribution in [0.25, 0.3) is 5.65 Å². The molecule has 0 radical (unpaired) electrons. The lowest BCUT2D eigenvalue weighted by Gasteiger charge is -2.43. The second kappa shape index (κ2) is 6.57. The third-order valence-corrected chi connectivity index (χ3v) is 5.82. The van der Waals surface area contributed by atoms with Gasteiger partial charge in [-0.2, -0.15) is 17.7 Å². The van der Waals surface area contributed by atoms with E-state index in [1.54, 1.807) is 6.07 Å². The van der Waals surface area contributed by atoms with Crippen LogP contribution in [0.5, 0.6) is 0 Å². The molecule has 2 fully saturated rings. The summed E-state index contributed by atoms with van der Waals surface area (Å²) in [6.07, 6.45) is -3.58. The molecule has 0 unspecified atom stereocenters. The van der Waals surface area contributed by atoms with Gasteiger partial charge in [0.25, 0.3) is 5.82 Å². The molecule has 1 spiro atoms. The van der Waals surface area contributed by atoms with Crippen molar-refractivity contribution in [2.24, 2.45) is 0 Å². The number of amides is 1. The van der Waals surface area contributed by atoms with E-state index in [0.717, 1.165) is 10.2 Å². The third kappa shape index (κ3) is 2.84. The van der Waals surface area contributed by atoms with Crippen LogP contribution in [0.15, 0.2) is 42.5 Å². The van der Waals surface area contributed by atoms with Gasteiger partial charge in [-0.25, -0.2) is 0 Å². The summed E-state index contributed by atoms with van der Waals surface area (Å²) in [6.45, 7) is 1.40. The van der Waals surface area contributed by atoms with Crippen molar-refractivity contribution in [3.05, 3.63) is 48.3 Å². The first-order chi connectivity index (χ1) is 14.4. The topological polar surface area (TPSA) is 78.7 Å². The SMILES string of the molecule is O=C1NCN(c2ccccc2)C12CCN(c1ccc3nnc(C(F)(F)F)n3n1)CC2. The first-order valence-electron chi connectivity index (χ1n) is 9.54. The van der Waals surface area contributed by atoms with Crippen molar-refractivity contribution in [1.82, 2.24) is 25.1 Å². The van der Waals surface area contributed by atoms with E-state index in [4.69, 9.17) is 0 Å². The number of piperidine rings is 1. The van der Waals surface area contributed by atoms with Crippen LogP contribution < -0.4 is 15.1 Å². The first-order valence-corrected chi connectivity index (χ1v) is 9.54. The Bertz CT molecular complexity index is 1090. The highest BCUT2D eigenvalue weighted by Crippen LogP contribution is 2.37. The third-order valence-electron chi connectivity index (χ3n) is 5.82. The Labute approximate surface area is 169 Å². The van der Waals surface area contributed by atoms with E-state index in [1.807, 2.05) is 35.2 Å². The molecule has 4 heterocycles. The average Bonchev–Trinajstić information content (AvgIpc) is 3.31. The minimum Gasteiger partial charge on any atom is -0.355 e. The highest BCUT2D eigenvalue weighted by Gasteiger charge is 2.50. The Kier molecular flexibility index (Phi) is 4.09. The highest BCUT2D eigenvalue weighted by molar-refractivity contribution is 5.93. The van der Waals surface area contributed by atoms with Gasteiger partial charge in [0.15, 0.2) is 5.65 Å². The van der Waals surface area contributed by atoms with Crippen LogP contribution in [0, 0.1) is 0 Å². The number of halogens is 3. The van der Waals surface area contributed by atoms with Crippen LogP contribution >= 0.6 is 0 Å². The largest absolute Gasteiger partial charge is 0.453 e. The number of nitrogens with one attached hydrogen (secondary N) is 1. The van der Waals surface area contributed by atoms with Crippen LogP contribution in [0.4, 0.5) is 24.7 Å². The predicted molar refractivity (Wildman–Crippen MR) is 102 cm³/mol. The van der Waals surface area contributed by atoms with Crippen LogP contribution in [0.1, 0.15) is 18.7 Å². The Morgan fingerprint density at radius 2 is 1.73 bits per heavy atom. The van der Waals surface area contributed by atoms with Gasteiger partial charge in [0.1, 0.15) is 11.4 Å². The number of nitrogens with zero attached hydrogens (tertiary/aromatic N) is 6. The predicted octanol–water partition coefficient (Wildman–Crippen LogP) is 2.08. The average molecular weight is 417 g/mol. The second-order valence-corrected chi connectivity index (χ2v) is 7.43. The van der Waals surface area contributed by atoms with Gasteiger partial charge in [-0.1, -0.05) is 18.2 Å². The molecule has 2 aromatic heterocycles. The molecule has 0 atom stereocenters. The molecule has 1 aromatic carbocycles. The number of hydrogen-bond donors (Lipinski definition) is 1. The van der Waals surface area contributed by atoms with Crippen molar-refractivity contribution < 1.29 is 18.0 Å². The van der Waals surface area contributed by atoms with E-state index in [2.05, 4.69) is 25.5 Å². The fourth-order valence-electron chi connectivity index (χ4n) is 4.26. The molecule has 0 saturated carbocycles. The molecule has 30 heavy (non-hydrogen) atoms. The smallest absolute Gasteiger partial charge is 0.355 e. The van der Waals surface area contributed by atoms with Gasteiger partial charge < -0.3 is 15.1 Å². The van der Waals surface area contributed by atoms with Gasteiger partial charge >= 0.3 is 6.18 Å². The van der Waals surface area contributed by atoms with E-state index < -0.39 is 17.5 Å². The number of benzene rings is 1. The summed E-state index contributed by atoms with van der Waals surface area (Å²) in [4.78, 5) is 16.7. The minimum atomic E-state index is -4.64. The van der Waals surface area contributed by atoms with Crippen molar-refractivity contribution in [2.45, 2.75) is 24.6 Å².